The summed E-state index contributed by atoms with van der Waals surface area (Å²) in [7, 11) is 1.91. The van der Waals surface area contributed by atoms with E-state index >= 15 is 0 Å². The molecule has 1 aliphatic rings. The number of nitrogens with zero attached hydrogens (tertiary/aromatic N) is 5. The lowest BCUT2D eigenvalue weighted by molar-refractivity contribution is -0.153. The summed E-state index contributed by atoms with van der Waals surface area (Å²) in [5.41, 5.74) is 2.47. The van der Waals surface area contributed by atoms with E-state index in [9.17, 15) is 13.2 Å². The van der Waals surface area contributed by atoms with Gasteiger partial charge in [-0.25, -0.2) is 4.98 Å². The van der Waals surface area contributed by atoms with Gasteiger partial charge >= 0.3 is 6.18 Å². The fourth-order valence-corrected chi connectivity index (χ4v) is 4.19. The lowest BCUT2D eigenvalue weighted by Crippen LogP contribution is -2.38. The summed E-state index contributed by atoms with van der Waals surface area (Å²) >= 11 is 0. The average molecular weight is 493 g/mol. The summed E-state index contributed by atoms with van der Waals surface area (Å²) in [5.74, 6) is 0. The number of aryl methyl sites for hydroxylation is 1. The quantitative estimate of drug-likeness (QED) is 0.449. The van der Waals surface area contributed by atoms with E-state index in [-0.39, 0.29) is 12.6 Å². The molecule has 2 aromatic rings. The standard InChI is InChI=1S/C21H31F3N6.C5H8/c1-3-28(11-10-25-2)16-29-12-18(27-15-29)13-30(14-21(22,23)24)19-8-4-6-17-7-5-9-26-20(17)19;1-3-5-4-2/h5,7,9,12,15,19,25H,3-4,6,8,10-11,13-14,16H2,1-2H3;3-5H,1H2,2H3/b;5-4-. The first kappa shape index (κ1) is 28.7. The van der Waals surface area contributed by atoms with Gasteiger partial charge in [0.1, 0.15) is 0 Å². The second-order valence-corrected chi connectivity index (χ2v) is 8.57. The molecular weight excluding hydrogens is 453 g/mol. The Kier molecular flexibility index (Phi) is 12.2. The van der Waals surface area contributed by atoms with Crippen molar-refractivity contribution in [1.29, 1.82) is 0 Å². The van der Waals surface area contributed by atoms with Crippen molar-refractivity contribution in [3.63, 3.8) is 0 Å². The first-order valence-corrected chi connectivity index (χ1v) is 12.2. The molecule has 1 unspecified atom stereocenters. The minimum absolute atomic E-state index is 0.149. The number of allylic oxidation sites excluding steroid dienone is 3. The van der Waals surface area contributed by atoms with Crippen LogP contribution in [-0.4, -0.2) is 63.7 Å². The molecule has 0 aromatic carbocycles. The molecule has 0 saturated carbocycles. The van der Waals surface area contributed by atoms with Crippen LogP contribution in [0.1, 0.15) is 49.7 Å². The zero-order valence-electron chi connectivity index (χ0n) is 21.1. The molecule has 2 heterocycles. The lowest BCUT2D eigenvalue weighted by atomic mass is 9.90. The molecule has 3 rings (SSSR count). The topological polar surface area (TPSA) is 49.2 Å². The van der Waals surface area contributed by atoms with Gasteiger partial charge in [-0.15, -0.1) is 0 Å². The Bertz CT molecular complexity index is 908. The largest absolute Gasteiger partial charge is 0.401 e. The molecular formula is C26H39F3N6. The Morgan fingerprint density at radius 1 is 1.31 bits per heavy atom. The molecule has 194 valence electrons. The molecule has 9 heteroatoms. The fraction of sp³-hybridized carbons (Fsp3) is 0.538. The maximum atomic E-state index is 13.4. The third kappa shape index (κ3) is 9.95. The highest BCUT2D eigenvalue weighted by Crippen LogP contribution is 2.35. The molecule has 35 heavy (non-hydrogen) atoms. The average Bonchev–Trinajstić information content (AvgIpc) is 3.27. The van der Waals surface area contributed by atoms with Crippen molar-refractivity contribution in [2.75, 3.05) is 33.2 Å². The van der Waals surface area contributed by atoms with E-state index in [1.54, 1.807) is 18.6 Å². The summed E-state index contributed by atoms with van der Waals surface area (Å²) in [6.45, 7) is 10.0. The summed E-state index contributed by atoms with van der Waals surface area (Å²) < 4.78 is 42.1. The van der Waals surface area contributed by atoms with E-state index in [1.165, 1.54) is 4.90 Å². The molecule has 0 saturated heterocycles. The molecule has 0 radical (unpaired) electrons. The van der Waals surface area contributed by atoms with Crippen molar-refractivity contribution < 1.29 is 13.2 Å². The van der Waals surface area contributed by atoms with Gasteiger partial charge in [0.2, 0.25) is 0 Å². The lowest BCUT2D eigenvalue weighted by Gasteiger charge is -2.35. The number of imidazole rings is 1. The monoisotopic (exact) mass is 492 g/mol. The minimum Gasteiger partial charge on any atom is -0.324 e. The number of rotatable bonds is 11. The molecule has 0 fully saturated rings. The Hall–Kier alpha value is -2.49. The Labute approximate surface area is 207 Å². The van der Waals surface area contributed by atoms with Crippen LogP contribution >= 0.6 is 0 Å². The maximum absolute atomic E-state index is 13.4. The summed E-state index contributed by atoms with van der Waals surface area (Å²) in [6, 6.07) is 3.48. The number of fused-ring (bicyclic) bond motifs is 1. The first-order valence-electron chi connectivity index (χ1n) is 12.2. The van der Waals surface area contributed by atoms with E-state index < -0.39 is 12.7 Å². The predicted octanol–water partition coefficient (Wildman–Crippen LogP) is 4.97. The smallest absolute Gasteiger partial charge is 0.324 e. The predicted molar refractivity (Wildman–Crippen MR) is 135 cm³/mol. The number of nitrogens with one attached hydrogen (secondary N) is 1. The summed E-state index contributed by atoms with van der Waals surface area (Å²) in [4.78, 5) is 12.6. The molecule has 0 bridgehead atoms. The number of halogens is 3. The van der Waals surface area contributed by atoms with E-state index in [4.69, 9.17) is 0 Å². The van der Waals surface area contributed by atoms with Crippen molar-refractivity contribution in [3.05, 3.63) is 72.6 Å². The van der Waals surface area contributed by atoms with Gasteiger partial charge in [0, 0.05) is 32.0 Å². The van der Waals surface area contributed by atoms with Crippen molar-refractivity contribution in [3.8, 4) is 0 Å². The molecule has 6 nitrogen and oxygen atoms in total. The van der Waals surface area contributed by atoms with Gasteiger partial charge in [-0.05, 0) is 51.4 Å². The molecule has 1 atom stereocenters. The van der Waals surface area contributed by atoms with Gasteiger partial charge in [0.15, 0.2) is 0 Å². The molecule has 0 aliphatic heterocycles. The van der Waals surface area contributed by atoms with Crippen LogP contribution in [0.4, 0.5) is 13.2 Å². The summed E-state index contributed by atoms with van der Waals surface area (Å²) in [6.07, 6.45) is 8.94. The number of hydrogen-bond acceptors (Lipinski definition) is 5. The molecule has 2 aromatic heterocycles. The number of pyridine rings is 1. The van der Waals surface area contributed by atoms with Crippen molar-refractivity contribution in [2.24, 2.45) is 0 Å². The minimum atomic E-state index is -4.28. The van der Waals surface area contributed by atoms with Crippen LogP contribution in [0.5, 0.6) is 0 Å². The van der Waals surface area contributed by atoms with Crippen molar-refractivity contribution >= 4 is 0 Å². The van der Waals surface area contributed by atoms with Crippen LogP contribution in [0.15, 0.2) is 55.7 Å². The molecule has 1 aliphatic carbocycles. The third-order valence-corrected chi connectivity index (χ3v) is 5.86. The number of aromatic nitrogens is 3. The second-order valence-electron chi connectivity index (χ2n) is 8.57. The third-order valence-electron chi connectivity index (χ3n) is 5.86. The highest BCUT2D eigenvalue weighted by molar-refractivity contribution is 5.25. The Balaban J connectivity index is 0.000000784. The fourth-order valence-electron chi connectivity index (χ4n) is 4.19. The van der Waals surface area contributed by atoms with Crippen molar-refractivity contribution in [2.45, 2.75) is 58.5 Å². The van der Waals surface area contributed by atoms with Crippen LogP contribution in [0.2, 0.25) is 0 Å². The van der Waals surface area contributed by atoms with Crippen LogP contribution in [0, 0.1) is 0 Å². The molecule has 0 amide bonds. The van der Waals surface area contributed by atoms with Gasteiger partial charge in [-0.1, -0.05) is 37.8 Å². The van der Waals surface area contributed by atoms with Gasteiger partial charge in [-0.3, -0.25) is 14.8 Å². The number of hydrogen-bond donors (Lipinski definition) is 1. The number of likely N-dealkylation sites (N-methyl/N-ethyl adjacent to an activating group) is 2. The highest BCUT2D eigenvalue weighted by atomic mass is 19.4. The van der Waals surface area contributed by atoms with Crippen LogP contribution in [0.3, 0.4) is 0 Å². The Morgan fingerprint density at radius 3 is 2.74 bits per heavy atom. The van der Waals surface area contributed by atoms with Gasteiger partial charge in [-0.2, -0.15) is 13.2 Å². The van der Waals surface area contributed by atoms with Crippen LogP contribution < -0.4 is 5.32 Å². The normalized spacial score (nSPS) is 15.8. The van der Waals surface area contributed by atoms with Crippen LogP contribution in [-0.2, 0) is 19.6 Å². The first-order chi connectivity index (χ1) is 16.8. The Morgan fingerprint density at radius 2 is 2.11 bits per heavy atom. The maximum Gasteiger partial charge on any atom is 0.401 e. The van der Waals surface area contributed by atoms with E-state index in [0.29, 0.717) is 18.8 Å². The highest BCUT2D eigenvalue weighted by Gasteiger charge is 2.36. The van der Waals surface area contributed by atoms with Crippen molar-refractivity contribution in [1.82, 2.24) is 29.7 Å². The second kappa shape index (κ2) is 14.8. The SMILES string of the molecule is C=C/C=C\C.CCN(CCNC)Cn1cnc(CN(CC(F)(F)F)C2CCCc3cccnc32)c1. The van der Waals surface area contributed by atoms with Gasteiger partial charge in [0.25, 0.3) is 0 Å². The zero-order valence-corrected chi connectivity index (χ0v) is 21.1. The van der Waals surface area contributed by atoms with Gasteiger partial charge < -0.3 is 9.88 Å². The zero-order chi connectivity index (χ0) is 25.7. The molecule has 1 N–H and O–H groups in total. The van der Waals surface area contributed by atoms with E-state index in [2.05, 4.69) is 33.7 Å². The summed E-state index contributed by atoms with van der Waals surface area (Å²) in [5, 5.41) is 3.13. The van der Waals surface area contributed by atoms with E-state index in [0.717, 1.165) is 43.7 Å². The van der Waals surface area contributed by atoms with Gasteiger partial charge in [0.05, 0.1) is 37.0 Å². The number of alkyl halides is 3. The van der Waals surface area contributed by atoms with E-state index in [1.807, 2.05) is 49.0 Å². The van der Waals surface area contributed by atoms with Crippen LogP contribution in [0.25, 0.3) is 0 Å². The molecule has 0 spiro atoms.